The Balaban J connectivity index is 1.78. The third-order valence-electron chi connectivity index (χ3n) is 5.36. The van der Waals surface area contributed by atoms with Gasteiger partial charge in [-0.1, -0.05) is 0 Å². The zero-order valence-corrected chi connectivity index (χ0v) is 16.7. The van der Waals surface area contributed by atoms with Crippen LogP contribution in [0.25, 0.3) is 0 Å². The molecule has 1 aliphatic heterocycles. The Morgan fingerprint density at radius 2 is 1.86 bits per heavy atom. The molecule has 0 bridgehead atoms. The molecule has 29 heavy (non-hydrogen) atoms. The Hall–Kier alpha value is -1.69. The van der Waals surface area contributed by atoms with Crippen LogP contribution >= 0.6 is 0 Å². The molecule has 3 atom stereocenters. The summed E-state index contributed by atoms with van der Waals surface area (Å²) in [6.07, 6.45) is 1.32. The highest BCUT2D eigenvalue weighted by Gasteiger charge is 2.50. The summed E-state index contributed by atoms with van der Waals surface area (Å²) in [5, 5.41) is 14.0. The standard InChI is InChI=1S/C18H25F2N3O5S/c19-18(20)10-1-4-16(28-14-3-2-11-21-12-9-14)17(18)22-29(26,27)15-7-5-13(6-8-15)23(24)25/h5-8,14,16-17,21-22H,1-4,9-12H2/t14-,16+,17-/m1/s1. The largest absolute Gasteiger partial charge is 0.373 e. The molecule has 2 fully saturated rings. The number of benzene rings is 1. The quantitative estimate of drug-likeness (QED) is 0.527. The zero-order chi connectivity index (χ0) is 21.1. The van der Waals surface area contributed by atoms with Crippen molar-refractivity contribution in [2.24, 2.45) is 0 Å². The lowest BCUT2D eigenvalue weighted by molar-refractivity contribution is -0.384. The first-order valence-electron chi connectivity index (χ1n) is 9.70. The van der Waals surface area contributed by atoms with E-state index >= 15 is 0 Å². The molecule has 3 rings (SSSR count). The van der Waals surface area contributed by atoms with Gasteiger partial charge >= 0.3 is 0 Å². The van der Waals surface area contributed by atoms with E-state index in [-0.39, 0.29) is 23.1 Å². The molecule has 162 valence electrons. The number of rotatable bonds is 6. The van der Waals surface area contributed by atoms with Crippen molar-refractivity contribution < 1.29 is 26.9 Å². The van der Waals surface area contributed by atoms with Gasteiger partial charge in [0.15, 0.2) is 0 Å². The number of nitrogens with one attached hydrogen (secondary N) is 2. The minimum atomic E-state index is -4.30. The number of hydrogen-bond acceptors (Lipinski definition) is 6. The molecule has 2 N–H and O–H groups in total. The van der Waals surface area contributed by atoms with Crippen molar-refractivity contribution >= 4 is 15.7 Å². The summed E-state index contributed by atoms with van der Waals surface area (Å²) in [6.45, 7) is 1.57. The summed E-state index contributed by atoms with van der Waals surface area (Å²) in [5.41, 5.74) is -0.282. The topological polar surface area (TPSA) is 111 Å². The maximum atomic E-state index is 14.7. The summed E-state index contributed by atoms with van der Waals surface area (Å²) in [7, 11) is -4.30. The second-order valence-corrected chi connectivity index (χ2v) is 9.19. The van der Waals surface area contributed by atoms with Crippen LogP contribution in [0, 0.1) is 10.1 Å². The van der Waals surface area contributed by atoms with Crippen LogP contribution in [0.15, 0.2) is 29.2 Å². The number of non-ortho nitro benzene ring substituents is 1. The molecule has 1 saturated carbocycles. The molecule has 1 saturated heterocycles. The van der Waals surface area contributed by atoms with Crippen LogP contribution in [0.2, 0.25) is 0 Å². The van der Waals surface area contributed by atoms with E-state index in [1.54, 1.807) is 0 Å². The van der Waals surface area contributed by atoms with Crippen LogP contribution in [0.3, 0.4) is 0 Å². The summed E-state index contributed by atoms with van der Waals surface area (Å²) >= 11 is 0. The maximum absolute atomic E-state index is 14.7. The molecule has 0 radical (unpaired) electrons. The van der Waals surface area contributed by atoms with E-state index in [1.165, 1.54) is 0 Å². The van der Waals surface area contributed by atoms with Crippen LogP contribution < -0.4 is 10.0 Å². The lowest BCUT2D eigenvalue weighted by Gasteiger charge is -2.39. The number of alkyl halides is 2. The fourth-order valence-corrected chi connectivity index (χ4v) is 5.08. The fourth-order valence-electron chi connectivity index (χ4n) is 3.79. The normalized spacial score (nSPS) is 27.9. The average molecular weight is 433 g/mol. The van der Waals surface area contributed by atoms with Gasteiger partial charge in [0.25, 0.3) is 11.6 Å². The van der Waals surface area contributed by atoms with Crippen LogP contribution in [0.4, 0.5) is 14.5 Å². The van der Waals surface area contributed by atoms with E-state index < -0.39 is 39.4 Å². The Morgan fingerprint density at radius 1 is 1.14 bits per heavy atom. The predicted octanol–water partition coefficient (Wildman–Crippen LogP) is 2.59. The highest BCUT2D eigenvalue weighted by atomic mass is 32.2. The van der Waals surface area contributed by atoms with E-state index in [0.29, 0.717) is 12.8 Å². The molecule has 0 unspecified atom stereocenters. The Kier molecular flexibility index (Phi) is 6.82. The summed E-state index contributed by atoms with van der Waals surface area (Å²) in [5.74, 6) is -3.25. The fraction of sp³-hybridized carbons (Fsp3) is 0.667. The van der Waals surface area contributed by atoms with Crippen molar-refractivity contribution in [3.05, 3.63) is 34.4 Å². The van der Waals surface area contributed by atoms with Crippen LogP contribution in [0.5, 0.6) is 0 Å². The molecule has 1 heterocycles. The van der Waals surface area contributed by atoms with Crippen molar-refractivity contribution in [1.82, 2.24) is 10.0 Å². The third kappa shape index (κ3) is 5.47. The number of hydrogen-bond donors (Lipinski definition) is 2. The highest BCUT2D eigenvalue weighted by molar-refractivity contribution is 7.89. The first kappa shape index (κ1) is 22.0. The van der Waals surface area contributed by atoms with Gasteiger partial charge in [-0.2, -0.15) is 4.72 Å². The molecule has 8 nitrogen and oxygen atoms in total. The third-order valence-corrected chi connectivity index (χ3v) is 6.81. The molecule has 0 amide bonds. The van der Waals surface area contributed by atoms with Gasteiger partial charge in [-0.25, -0.2) is 17.2 Å². The van der Waals surface area contributed by atoms with Gasteiger partial charge in [0.2, 0.25) is 10.0 Å². The van der Waals surface area contributed by atoms with Crippen LogP contribution in [0.1, 0.15) is 38.5 Å². The molecule has 1 aromatic rings. The van der Waals surface area contributed by atoms with E-state index in [1.807, 2.05) is 0 Å². The molecule has 2 aliphatic rings. The Bertz CT molecular complexity index is 811. The van der Waals surface area contributed by atoms with Gasteiger partial charge in [-0.15, -0.1) is 0 Å². The maximum Gasteiger partial charge on any atom is 0.269 e. The Morgan fingerprint density at radius 3 is 2.55 bits per heavy atom. The average Bonchev–Trinajstić information content (AvgIpc) is 2.93. The zero-order valence-electron chi connectivity index (χ0n) is 15.9. The van der Waals surface area contributed by atoms with Gasteiger partial charge < -0.3 is 10.1 Å². The van der Waals surface area contributed by atoms with Crippen molar-refractivity contribution in [1.29, 1.82) is 0 Å². The van der Waals surface area contributed by atoms with Crippen LogP contribution in [-0.4, -0.2) is 50.6 Å². The number of nitro benzene ring substituents is 1. The first-order valence-corrected chi connectivity index (χ1v) is 11.2. The second kappa shape index (κ2) is 8.99. The molecular weight excluding hydrogens is 408 g/mol. The molecular formula is C18H25F2N3O5S. The predicted molar refractivity (Wildman–Crippen MR) is 101 cm³/mol. The molecule has 1 aromatic carbocycles. The minimum absolute atomic E-state index is 0.199. The van der Waals surface area contributed by atoms with Crippen molar-refractivity contribution in [2.75, 3.05) is 13.1 Å². The number of nitrogens with zero attached hydrogens (tertiary/aromatic N) is 1. The molecule has 11 heteroatoms. The number of halogens is 2. The lowest BCUT2D eigenvalue weighted by Crippen LogP contribution is -2.58. The minimum Gasteiger partial charge on any atom is -0.373 e. The van der Waals surface area contributed by atoms with Crippen molar-refractivity contribution in [3.8, 4) is 0 Å². The lowest BCUT2D eigenvalue weighted by atomic mass is 9.89. The van der Waals surface area contributed by atoms with E-state index in [9.17, 15) is 27.3 Å². The number of nitro groups is 1. The van der Waals surface area contributed by atoms with Gasteiger partial charge in [-0.3, -0.25) is 10.1 Å². The van der Waals surface area contributed by atoms with Gasteiger partial charge in [0, 0.05) is 18.6 Å². The molecule has 0 aromatic heterocycles. The monoisotopic (exact) mass is 433 g/mol. The summed E-state index contributed by atoms with van der Waals surface area (Å²) in [6, 6.07) is 2.44. The summed E-state index contributed by atoms with van der Waals surface area (Å²) in [4.78, 5) is 9.77. The van der Waals surface area contributed by atoms with Gasteiger partial charge in [-0.05, 0) is 57.3 Å². The number of ether oxygens (including phenoxy) is 1. The molecule has 1 aliphatic carbocycles. The second-order valence-electron chi connectivity index (χ2n) is 7.48. The molecule has 0 spiro atoms. The summed E-state index contributed by atoms with van der Waals surface area (Å²) < 4.78 is 62.8. The smallest absolute Gasteiger partial charge is 0.269 e. The Labute approximate surface area is 168 Å². The van der Waals surface area contributed by atoms with Gasteiger partial charge in [0.05, 0.1) is 22.0 Å². The first-order chi connectivity index (χ1) is 13.7. The van der Waals surface area contributed by atoms with Crippen LogP contribution in [-0.2, 0) is 14.8 Å². The van der Waals surface area contributed by atoms with Gasteiger partial charge in [0.1, 0.15) is 6.04 Å². The highest BCUT2D eigenvalue weighted by Crippen LogP contribution is 2.37. The SMILES string of the molecule is O=[N+]([O-])c1ccc(S(=O)(=O)N[C@@H]2[C@@H](O[C@@H]3CCCNCC3)CCCC2(F)F)cc1. The van der Waals surface area contributed by atoms with Crippen molar-refractivity contribution in [2.45, 2.75) is 67.6 Å². The van der Waals surface area contributed by atoms with E-state index in [4.69, 9.17) is 4.74 Å². The van der Waals surface area contributed by atoms with E-state index in [0.717, 1.165) is 50.2 Å². The van der Waals surface area contributed by atoms with Crippen molar-refractivity contribution in [3.63, 3.8) is 0 Å². The van der Waals surface area contributed by atoms with E-state index in [2.05, 4.69) is 10.0 Å². The number of sulfonamides is 1.